The van der Waals surface area contributed by atoms with Crippen LogP contribution in [0.3, 0.4) is 0 Å². The Morgan fingerprint density at radius 3 is 2.73 bits per heavy atom. The van der Waals surface area contributed by atoms with Crippen LogP contribution in [0.5, 0.6) is 0 Å². The molecule has 6 nitrogen and oxygen atoms in total. The Morgan fingerprint density at radius 2 is 2.00 bits per heavy atom. The van der Waals surface area contributed by atoms with E-state index in [0.29, 0.717) is 16.9 Å². The molecular weight excluding hydrogens is 348 g/mol. The number of aromatic nitrogens is 2. The summed E-state index contributed by atoms with van der Waals surface area (Å²) in [5.41, 5.74) is 3.37. The molecule has 0 aliphatic rings. The fraction of sp³-hybridized carbons (Fsp3) is 0.158. The number of hydrogen-bond donors (Lipinski definition) is 2. The van der Waals surface area contributed by atoms with Crippen molar-refractivity contribution in [2.24, 2.45) is 0 Å². The van der Waals surface area contributed by atoms with Gasteiger partial charge in [-0.3, -0.25) is 14.6 Å². The van der Waals surface area contributed by atoms with Crippen molar-refractivity contribution in [2.75, 3.05) is 12.4 Å². The van der Waals surface area contributed by atoms with Gasteiger partial charge in [0, 0.05) is 29.9 Å². The molecule has 2 aromatic heterocycles. The van der Waals surface area contributed by atoms with Crippen molar-refractivity contribution in [3.05, 3.63) is 64.8 Å². The number of hydrogen-bond acceptors (Lipinski definition) is 5. The number of nitrogens with one attached hydrogen (secondary N) is 2. The summed E-state index contributed by atoms with van der Waals surface area (Å²) in [6, 6.07) is 10.9. The molecule has 3 rings (SSSR count). The van der Waals surface area contributed by atoms with Gasteiger partial charge in [0.25, 0.3) is 5.91 Å². The molecule has 0 atom stereocenters. The van der Waals surface area contributed by atoms with Crippen LogP contribution in [0, 0.1) is 6.92 Å². The second-order valence-corrected chi connectivity index (χ2v) is 6.50. The zero-order chi connectivity index (χ0) is 18.5. The summed E-state index contributed by atoms with van der Waals surface area (Å²) in [5, 5.41) is 8.09. The SMILES string of the molecule is CNC(=O)c1cccc(NC(=O)Cc2csc(-c3ccccn3)n2)c1C. The van der Waals surface area contributed by atoms with Crippen molar-refractivity contribution in [3.63, 3.8) is 0 Å². The largest absolute Gasteiger partial charge is 0.355 e. The Labute approximate surface area is 155 Å². The first-order valence-corrected chi connectivity index (χ1v) is 8.94. The van der Waals surface area contributed by atoms with Gasteiger partial charge in [0.15, 0.2) is 0 Å². The molecule has 2 N–H and O–H groups in total. The van der Waals surface area contributed by atoms with E-state index in [1.165, 1.54) is 11.3 Å². The lowest BCUT2D eigenvalue weighted by Crippen LogP contribution is -2.21. The highest BCUT2D eigenvalue weighted by Gasteiger charge is 2.14. The lowest BCUT2D eigenvalue weighted by Gasteiger charge is -2.11. The number of benzene rings is 1. The van der Waals surface area contributed by atoms with Crippen molar-refractivity contribution < 1.29 is 9.59 Å². The highest BCUT2D eigenvalue weighted by atomic mass is 32.1. The Kier molecular flexibility index (Phi) is 5.38. The first-order chi connectivity index (χ1) is 12.6. The number of nitrogens with zero attached hydrogens (tertiary/aromatic N) is 2. The minimum Gasteiger partial charge on any atom is -0.355 e. The maximum Gasteiger partial charge on any atom is 0.251 e. The summed E-state index contributed by atoms with van der Waals surface area (Å²) in [5.74, 6) is -0.363. The lowest BCUT2D eigenvalue weighted by atomic mass is 10.1. The molecule has 0 bridgehead atoms. The van der Waals surface area contributed by atoms with Crippen molar-refractivity contribution in [1.82, 2.24) is 15.3 Å². The molecule has 0 unspecified atom stereocenters. The minimum atomic E-state index is -0.182. The summed E-state index contributed by atoms with van der Waals surface area (Å²) in [6.45, 7) is 1.81. The smallest absolute Gasteiger partial charge is 0.251 e. The molecule has 0 saturated heterocycles. The average Bonchev–Trinajstić information content (AvgIpc) is 3.12. The number of thiazole rings is 1. The van der Waals surface area contributed by atoms with Crippen LogP contribution in [0.25, 0.3) is 10.7 Å². The van der Waals surface area contributed by atoms with Crippen LogP contribution in [0.4, 0.5) is 5.69 Å². The van der Waals surface area contributed by atoms with Crippen LogP contribution in [0.2, 0.25) is 0 Å². The Bertz CT molecular complexity index is 938. The van der Waals surface area contributed by atoms with Crippen LogP contribution in [-0.2, 0) is 11.2 Å². The van der Waals surface area contributed by atoms with Crippen LogP contribution in [0.15, 0.2) is 48.0 Å². The predicted octanol–water partition coefficient (Wildman–Crippen LogP) is 3.05. The number of pyridine rings is 1. The Morgan fingerprint density at radius 1 is 1.15 bits per heavy atom. The van der Waals surface area contributed by atoms with Crippen molar-refractivity contribution in [2.45, 2.75) is 13.3 Å². The van der Waals surface area contributed by atoms with Crippen LogP contribution < -0.4 is 10.6 Å². The van der Waals surface area contributed by atoms with E-state index in [2.05, 4.69) is 20.6 Å². The molecule has 0 radical (unpaired) electrons. The number of carbonyl (C=O) groups excluding carboxylic acids is 2. The maximum absolute atomic E-state index is 12.4. The summed E-state index contributed by atoms with van der Waals surface area (Å²) in [4.78, 5) is 33.0. The van der Waals surface area contributed by atoms with E-state index >= 15 is 0 Å². The summed E-state index contributed by atoms with van der Waals surface area (Å²) < 4.78 is 0. The van der Waals surface area contributed by atoms with Crippen molar-refractivity contribution in [3.8, 4) is 10.7 Å². The van der Waals surface area contributed by atoms with Gasteiger partial charge in [-0.2, -0.15) is 0 Å². The molecule has 2 heterocycles. The fourth-order valence-electron chi connectivity index (χ4n) is 2.51. The molecule has 2 amide bonds. The van der Waals surface area contributed by atoms with E-state index in [0.717, 1.165) is 16.3 Å². The monoisotopic (exact) mass is 366 g/mol. The van der Waals surface area contributed by atoms with Crippen LogP contribution in [0.1, 0.15) is 21.6 Å². The minimum absolute atomic E-state index is 0.160. The Hall–Kier alpha value is -3.06. The van der Waals surface area contributed by atoms with Gasteiger partial charge in [-0.15, -0.1) is 11.3 Å². The molecule has 0 fully saturated rings. The molecular formula is C19H18N4O2S. The van der Waals surface area contributed by atoms with E-state index in [4.69, 9.17) is 0 Å². The van der Waals surface area contributed by atoms with Crippen LogP contribution >= 0.6 is 11.3 Å². The fourth-order valence-corrected chi connectivity index (χ4v) is 3.30. The molecule has 0 spiro atoms. The zero-order valence-corrected chi connectivity index (χ0v) is 15.3. The number of amides is 2. The van der Waals surface area contributed by atoms with E-state index in [9.17, 15) is 9.59 Å². The van der Waals surface area contributed by atoms with Gasteiger partial charge < -0.3 is 10.6 Å². The van der Waals surface area contributed by atoms with Crippen LogP contribution in [-0.4, -0.2) is 28.8 Å². The topological polar surface area (TPSA) is 84.0 Å². The van der Waals surface area contributed by atoms with Gasteiger partial charge in [0.1, 0.15) is 5.01 Å². The first-order valence-electron chi connectivity index (χ1n) is 8.06. The lowest BCUT2D eigenvalue weighted by molar-refractivity contribution is -0.115. The van der Waals surface area contributed by atoms with E-state index in [1.807, 2.05) is 30.5 Å². The van der Waals surface area contributed by atoms with Crippen molar-refractivity contribution >= 4 is 28.8 Å². The van der Waals surface area contributed by atoms with Gasteiger partial charge in [-0.05, 0) is 36.8 Å². The highest BCUT2D eigenvalue weighted by molar-refractivity contribution is 7.13. The van der Waals surface area contributed by atoms with E-state index in [1.54, 1.807) is 31.4 Å². The molecule has 26 heavy (non-hydrogen) atoms. The Balaban J connectivity index is 1.70. The molecule has 0 aliphatic carbocycles. The van der Waals surface area contributed by atoms with Gasteiger partial charge >= 0.3 is 0 Å². The first kappa shape index (κ1) is 17.8. The second-order valence-electron chi connectivity index (χ2n) is 5.64. The number of anilines is 1. The highest BCUT2D eigenvalue weighted by Crippen LogP contribution is 2.22. The molecule has 7 heteroatoms. The molecule has 3 aromatic rings. The van der Waals surface area contributed by atoms with Gasteiger partial charge in [-0.25, -0.2) is 4.98 Å². The standard InChI is InChI=1S/C19H18N4O2S/c1-12-14(18(25)20-2)6-5-8-15(12)23-17(24)10-13-11-26-19(22-13)16-7-3-4-9-21-16/h3-9,11H,10H2,1-2H3,(H,20,25)(H,23,24). The van der Waals surface area contributed by atoms with Gasteiger partial charge in [0.05, 0.1) is 17.8 Å². The van der Waals surface area contributed by atoms with E-state index in [-0.39, 0.29) is 18.2 Å². The molecule has 132 valence electrons. The average molecular weight is 366 g/mol. The normalized spacial score (nSPS) is 10.4. The van der Waals surface area contributed by atoms with E-state index < -0.39 is 0 Å². The second kappa shape index (κ2) is 7.88. The molecule has 1 aromatic carbocycles. The molecule has 0 aliphatic heterocycles. The number of carbonyl (C=O) groups is 2. The van der Waals surface area contributed by atoms with Gasteiger partial charge in [-0.1, -0.05) is 12.1 Å². The predicted molar refractivity (Wildman–Crippen MR) is 102 cm³/mol. The molecule has 0 saturated carbocycles. The maximum atomic E-state index is 12.4. The van der Waals surface area contributed by atoms with Gasteiger partial charge in [0.2, 0.25) is 5.91 Å². The summed E-state index contributed by atoms with van der Waals surface area (Å²) in [6.07, 6.45) is 1.87. The summed E-state index contributed by atoms with van der Waals surface area (Å²) in [7, 11) is 1.58. The zero-order valence-electron chi connectivity index (χ0n) is 14.4. The third-order valence-corrected chi connectivity index (χ3v) is 4.77. The number of rotatable bonds is 5. The third kappa shape index (κ3) is 3.94. The third-order valence-electron chi connectivity index (χ3n) is 3.86. The quantitative estimate of drug-likeness (QED) is 0.727. The van der Waals surface area contributed by atoms with Crippen molar-refractivity contribution in [1.29, 1.82) is 0 Å². The summed E-state index contributed by atoms with van der Waals surface area (Å²) >= 11 is 1.46.